The fraction of sp³-hybridized carbons (Fsp3) is 0.375. The Kier molecular flexibility index (Phi) is 6.39. The number of hydrogen-bond donors (Lipinski definition) is 0. The average molecular weight is 450 g/mol. The summed E-state index contributed by atoms with van der Waals surface area (Å²) in [6, 6.07) is 4.50. The first-order valence-corrected chi connectivity index (χ1v) is 11.1. The predicted molar refractivity (Wildman–Crippen MR) is 104 cm³/mol. The van der Waals surface area contributed by atoms with Gasteiger partial charge in [0.25, 0.3) is 5.91 Å². The topological polar surface area (TPSA) is 79.8 Å². The highest BCUT2D eigenvalue weighted by Crippen LogP contribution is 2.31. The van der Waals surface area contributed by atoms with Gasteiger partial charge in [0.15, 0.2) is 0 Å². The van der Waals surface area contributed by atoms with Crippen LogP contribution in [0.15, 0.2) is 28.5 Å². The molecule has 1 amide bonds. The van der Waals surface area contributed by atoms with Gasteiger partial charge in [0.1, 0.15) is 15.6 Å². The van der Waals surface area contributed by atoms with E-state index >= 15 is 0 Å². The van der Waals surface area contributed by atoms with E-state index in [4.69, 9.17) is 27.9 Å². The van der Waals surface area contributed by atoms with Crippen LogP contribution in [0, 0.1) is 0 Å². The number of aromatic nitrogens is 1. The van der Waals surface area contributed by atoms with Crippen molar-refractivity contribution in [1.29, 1.82) is 0 Å². The molecule has 1 fully saturated rings. The first-order valence-electron chi connectivity index (χ1n) is 8.01. The van der Waals surface area contributed by atoms with E-state index < -0.39 is 10.0 Å². The quantitative estimate of drug-likeness (QED) is 0.700. The van der Waals surface area contributed by atoms with E-state index in [-0.39, 0.29) is 47.0 Å². The van der Waals surface area contributed by atoms with Gasteiger partial charge in [-0.05, 0) is 12.1 Å². The number of thiazole rings is 1. The van der Waals surface area contributed by atoms with Crippen molar-refractivity contribution in [3.8, 4) is 0 Å². The molecule has 0 aliphatic carbocycles. The van der Waals surface area contributed by atoms with Gasteiger partial charge in [-0.15, -0.1) is 11.3 Å². The number of methoxy groups -OCH3 is 1. The van der Waals surface area contributed by atoms with Crippen LogP contribution in [-0.2, 0) is 21.4 Å². The number of ether oxygens (including phenoxy) is 1. The second-order valence-electron chi connectivity index (χ2n) is 5.81. The molecule has 2 aromatic rings. The molecule has 27 heavy (non-hydrogen) atoms. The number of piperazine rings is 1. The number of benzene rings is 1. The Morgan fingerprint density at radius 1 is 1.26 bits per heavy atom. The van der Waals surface area contributed by atoms with E-state index in [9.17, 15) is 13.2 Å². The Balaban J connectivity index is 1.69. The number of carbonyl (C=O) groups is 1. The van der Waals surface area contributed by atoms with Crippen LogP contribution in [0.4, 0.5) is 0 Å². The minimum absolute atomic E-state index is 0.00539. The molecule has 0 spiro atoms. The van der Waals surface area contributed by atoms with Crippen LogP contribution in [0.5, 0.6) is 0 Å². The summed E-state index contributed by atoms with van der Waals surface area (Å²) >= 11 is 13.4. The lowest BCUT2D eigenvalue weighted by Crippen LogP contribution is -2.50. The number of rotatable bonds is 5. The largest absolute Gasteiger partial charge is 0.378 e. The Morgan fingerprint density at radius 3 is 2.63 bits per heavy atom. The standard InChI is InChI=1S/C16H17Cl2N3O4S2/c1-25-9-14-19-12(10-26-14)16(22)20-5-7-21(8-6-20)27(23,24)13-4-2-3-11(17)15(13)18/h2-4,10H,5-9H2,1H3. The van der Waals surface area contributed by atoms with Gasteiger partial charge in [0.2, 0.25) is 10.0 Å². The first kappa shape index (κ1) is 20.5. The third-order valence-corrected chi connectivity index (χ3v) is 7.79. The zero-order valence-electron chi connectivity index (χ0n) is 14.4. The number of amides is 1. The third kappa shape index (κ3) is 4.28. The van der Waals surface area contributed by atoms with Crippen LogP contribution in [0.1, 0.15) is 15.5 Å². The molecule has 0 atom stereocenters. The molecule has 0 saturated carbocycles. The highest BCUT2D eigenvalue weighted by atomic mass is 35.5. The molecule has 0 N–H and O–H groups in total. The van der Waals surface area contributed by atoms with Crippen molar-refractivity contribution < 1.29 is 17.9 Å². The maximum atomic E-state index is 12.8. The van der Waals surface area contributed by atoms with E-state index in [1.165, 1.54) is 27.8 Å². The Hall–Kier alpha value is -1.23. The Morgan fingerprint density at radius 2 is 1.96 bits per heavy atom. The Labute approximate surface area is 171 Å². The summed E-state index contributed by atoms with van der Waals surface area (Å²) in [6.07, 6.45) is 0. The first-order chi connectivity index (χ1) is 12.8. The molecule has 0 unspecified atom stereocenters. The predicted octanol–water partition coefficient (Wildman–Crippen LogP) is 2.74. The van der Waals surface area contributed by atoms with E-state index in [2.05, 4.69) is 4.98 Å². The molecule has 1 aliphatic heterocycles. The number of sulfonamides is 1. The highest BCUT2D eigenvalue weighted by Gasteiger charge is 2.32. The fourth-order valence-corrected chi connectivity index (χ4v) is 5.61. The summed E-state index contributed by atoms with van der Waals surface area (Å²) in [4.78, 5) is 18.4. The van der Waals surface area contributed by atoms with Gasteiger partial charge in [0.05, 0.1) is 16.7 Å². The van der Waals surface area contributed by atoms with E-state index in [0.717, 1.165) is 5.01 Å². The summed E-state index contributed by atoms with van der Waals surface area (Å²) in [6.45, 7) is 1.24. The smallest absolute Gasteiger partial charge is 0.273 e. The normalized spacial score (nSPS) is 15.9. The number of nitrogens with zero attached hydrogens (tertiary/aromatic N) is 3. The molecule has 2 heterocycles. The van der Waals surface area contributed by atoms with Crippen molar-refractivity contribution in [2.24, 2.45) is 0 Å². The van der Waals surface area contributed by atoms with Crippen molar-refractivity contribution >= 4 is 50.5 Å². The van der Waals surface area contributed by atoms with Crippen LogP contribution in [-0.4, -0.2) is 61.8 Å². The summed E-state index contributed by atoms with van der Waals surface area (Å²) in [5.74, 6) is -0.216. The molecule has 1 aromatic carbocycles. The summed E-state index contributed by atoms with van der Waals surface area (Å²) in [5, 5.41) is 2.59. The SMILES string of the molecule is COCc1nc(C(=O)N2CCN(S(=O)(=O)c3cccc(Cl)c3Cl)CC2)cs1. The molecular formula is C16H17Cl2N3O4S2. The van der Waals surface area contributed by atoms with Crippen LogP contribution in [0.3, 0.4) is 0 Å². The highest BCUT2D eigenvalue weighted by molar-refractivity contribution is 7.89. The number of hydrogen-bond acceptors (Lipinski definition) is 6. The Bertz CT molecular complexity index is 941. The van der Waals surface area contributed by atoms with Crippen molar-refractivity contribution in [3.05, 3.63) is 44.3 Å². The molecule has 146 valence electrons. The second kappa shape index (κ2) is 8.42. The minimum Gasteiger partial charge on any atom is -0.378 e. The lowest BCUT2D eigenvalue weighted by molar-refractivity contribution is 0.0692. The van der Waals surface area contributed by atoms with Crippen molar-refractivity contribution in [1.82, 2.24) is 14.2 Å². The van der Waals surface area contributed by atoms with Gasteiger partial charge in [0, 0.05) is 38.7 Å². The molecule has 1 aliphatic rings. The molecule has 0 bridgehead atoms. The fourth-order valence-electron chi connectivity index (χ4n) is 2.71. The van der Waals surface area contributed by atoms with Gasteiger partial charge in [-0.1, -0.05) is 29.3 Å². The molecule has 1 saturated heterocycles. The lowest BCUT2D eigenvalue weighted by atomic mass is 10.3. The maximum absolute atomic E-state index is 12.8. The third-order valence-electron chi connectivity index (χ3n) is 4.10. The zero-order valence-corrected chi connectivity index (χ0v) is 17.5. The summed E-state index contributed by atoms with van der Waals surface area (Å²) < 4.78 is 32.0. The number of halogens is 2. The molecule has 3 rings (SSSR count). The molecule has 0 radical (unpaired) electrons. The van der Waals surface area contributed by atoms with Crippen LogP contribution < -0.4 is 0 Å². The van der Waals surface area contributed by atoms with Crippen LogP contribution in [0.2, 0.25) is 10.0 Å². The van der Waals surface area contributed by atoms with E-state index in [1.807, 2.05) is 0 Å². The average Bonchev–Trinajstić information content (AvgIpc) is 3.12. The summed E-state index contributed by atoms with van der Waals surface area (Å²) in [7, 11) is -2.22. The molecule has 7 nitrogen and oxygen atoms in total. The monoisotopic (exact) mass is 449 g/mol. The van der Waals surface area contributed by atoms with Gasteiger partial charge < -0.3 is 9.64 Å². The van der Waals surface area contributed by atoms with Gasteiger partial charge >= 0.3 is 0 Å². The molecule has 11 heteroatoms. The van der Waals surface area contributed by atoms with Gasteiger partial charge in [-0.3, -0.25) is 4.79 Å². The van der Waals surface area contributed by atoms with Gasteiger partial charge in [-0.25, -0.2) is 13.4 Å². The van der Waals surface area contributed by atoms with E-state index in [0.29, 0.717) is 12.3 Å². The van der Waals surface area contributed by atoms with Crippen molar-refractivity contribution in [2.45, 2.75) is 11.5 Å². The maximum Gasteiger partial charge on any atom is 0.273 e. The summed E-state index contributed by atoms with van der Waals surface area (Å²) in [5.41, 5.74) is 0.348. The minimum atomic E-state index is -3.78. The molecule has 1 aromatic heterocycles. The van der Waals surface area contributed by atoms with Crippen molar-refractivity contribution in [3.63, 3.8) is 0 Å². The zero-order chi connectivity index (χ0) is 19.6. The lowest BCUT2D eigenvalue weighted by Gasteiger charge is -2.33. The van der Waals surface area contributed by atoms with Crippen molar-refractivity contribution in [2.75, 3.05) is 33.3 Å². The van der Waals surface area contributed by atoms with Gasteiger partial charge in [-0.2, -0.15) is 4.31 Å². The van der Waals surface area contributed by atoms with Crippen LogP contribution >= 0.6 is 34.5 Å². The van der Waals surface area contributed by atoms with E-state index in [1.54, 1.807) is 23.5 Å². The van der Waals surface area contributed by atoms with Crippen LogP contribution in [0.25, 0.3) is 0 Å². The number of carbonyl (C=O) groups excluding carboxylic acids is 1. The second-order valence-corrected chi connectivity index (χ2v) is 9.44. The molecular weight excluding hydrogens is 433 g/mol.